The number of alkyl halides is 3. The van der Waals surface area contributed by atoms with Gasteiger partial charge in [-0.25, -0.2) is 9.78 Å². The summed E-state index contributed by atoms with van der Waals surface area (Å²) in [6.45, 7) is 1.60. The summed E-state index contributed by atoms with van der Waals surface area (Å²) in [6.07, 6.45) is -1.81. The highest BCUT2D eigenvalue weighted by atomic mass is 19.4. The Kier molecular flexibility index (Phi) is 11.7. The Morgan fingerprint density at radius 3 is 2.24 bits per heavy atom. The highest BCUT2D eigenvalue weighted by Gasteiger charge is 2.38. The predicted octanol–water partition coefficient (Wildman–Crippen LogP) is 4.32. The van der Waals surface area contributed by atoms with Crippen LogP contribution in [0.5, 0.6) is 17.2 Å². The lowest BCUT2D eigenvalue weighted by molar-refractivity contribution is -0.384. The zero-order valence-corrected chi connectivity index (χ0v) is 24.5. The molecule has 1 fully saturated rings. The molecule has 0 saturated carbocycles. The minimum atomic E-state index is -5.08. The van der Waals surface area contributed by atoms with Gasteiger partial charge < -0.3 is 34.9 Å². The molecule has 14 nitrogen and oxygen atoms in total. The second-order valence-corrected chi connectivity index (χ2v) is 9.51. The van der Waals surface area contributed by atoms with Crippen LogP contribution in [0.1, 0.15) is 18.4 Å². The number of carboxylic acids is 1. The van der Waals surface area contributed by atoms with Gasteiger partial charge in [-0.2, -0.15) is 18.2 Å². The van der Waals surface area contributed by atoms with Gasteiger partial charge in [-0.05, 0) is 24.5 Å². The third-order valence-electron chi connectivity index (χ3n) is 6.53. The molecule has 4 rings (SSSR count). The molecule has 3 N–H and O–H groups in total. The molecule has 17 heteroatoms. The molecule has 45 heavy (non-hydrogen) atoms. The third-order valence-corrected chi connectivity index (χ3v) is 6.53. The zero-order chi connectivity index (χ0) is 33.1. The van der Waals surface area contributed by atoms with E-state index in [4.69, 9.17) is 24.1 Å². The Labute approximate surface area is 255 Å². The molecule has 3 aromatic rings. The molecular formula is C28H31F3N6O8. The Morgan fingerprint density at radius 1 is 1.09 bits per heavy atom. The molecule has 1 aliphatic rings. The molecule has 1 amide bonds. The SMILES string of the molecule is COc1cc(Nc2nccc(N3CCC[C@H](C(=O)NCc4ccc([N+](=O)[O-])cc4)C3)n2)cc(OC)c1OC.O=C(O)C(F)(F)F. The molecule has 242 valence electrons. The van der Waals surface area contributed by atoms with Crippen LogP contribution in [-0.4, -0.2) is 72.5 Å². The quantitative estimate of drug-likeness (QED) is 0.212. The minimum absolute atomic E-state index is 0.0203. The van der Waals surface area contributed by atoms with E-state index in [2.05, 4.69) is 25.5 Å². The number of nitro benzene ring substituents is 1. The van der Waals surface area contributed by atoms with Gasteiger partial charge >= 0.3 is 12.1 Å². The lowest BCUT2D eigenvalue weighted by Crippen LogP contribution is -2.43. The molecule has 0 spiro atoms. The number of benzene rings is 2. The number of non-ortho nitro benzene ring substituents is 1. The molecule has 2 aromatic carbocycles. The Balaban J connectivity index is 0.000000707. The van der Waals surface area contributed by atoms with Crippen molar-refractivity contribution in [1.29, 1.82) is 0 Å². The van der Waals surface area contributed by atoms with Gasteiger partial charge in [0.2, 0.25) is 17.6 Å². The maximum Gasteiger partial charge on any atom is 0.490 e. The van der Waals surface area contributed by atoms with E-state index in [0.717, 1.165) is 24.9 Å². The highest BCUT2D eigenvalue weighted by Crippen LogP contribution is 2.40. The average molecular weight is 637 g/mol. The van der Waals surface area contributed by atoms with Gasteiger partial charge in [-0.3, -0.25) is 14.9 Å². The fourth-order valence-electron chi connectivity index (χ4n) is 4.34. The molecule has 0 radical (unpaired) electrons. The predicted molar refractivity (Wildman–Crippen MR) is 155 cm³/mol. The maximum absolute atomic E-state index is 12.9. The number of carboxylic acid groups (broad SMARTS) is 1. The van der Waals surface area contributed by atoms with Gasteiger partial charge in [-0.15, -0.1) is 0 Å². The van der Waals surface area contributed by atoms with Gasteiger partial charge in [0.05, 0.1) is 32.2 Å². The van der Waals surface area contributed by atoms with Gasteiger partial charge in [-0.1, -0.05) is 12.1 Å². The first-order chi connectivity index (χ1) is 21.4. The third kappa shape index (κ3) is 9.57. The van der Waals surface area contributed by atoms with Crippen molar-refractivity contribution in [3.05, 3.63) is 64.3 Å². The number of halogens is 3. The summed E-state index contributed by atoms with van der Waals surface area (Å²) in [4.78, 5) is 43.2. The normalized spacial score (nSPS) is 14.4. The van der Waals surface area contributed by atoms with Crippen LogP contribution < -0.4 is 29.7 Å². The number of nitro groups is 1. The van der Waals surface area contributed by atoms with Gasteiger partial charge in [0.25, 0.3) is 5.69 Å². The van der Waals surface area contributed by atoms with Crippen LogP contribution in [0.3, 0.4) is 0 Å². The summed E-state index contributed by atoms with van der Waals surface area (Å²) in [5.41, 5.74) is 1.49. The lowest BCUT2D eigenvalue weighted by Gasteiger charge is -2.33. The van der Waals surface area contributed by atoms with E-state index in [9.17, 15) is 28.1 Å². The van der Waals surface area contributed by atoms with Crippen molar-refractivity contribution in [3.8, 4) is 17.2 Å². The molecule has 0 aliphatic carbocycles. The summed E-state index contributed by atoms with van der Waals surface area (Å²) in [5.74, 6) is -0.423. The molecule has 2 heterocycles. The minimum Gasteiger partial charge on any atom is -0.493 e. The van der Waals surface area contributed by atoms with E-state index in [0.29, 0.717) is 47.8 Å². The molecule has 1 saturated heterocycles. The van der Waals surface area contributed by atoms with Crippen LogP contribution in [0.4, 0.5) is 36.3 Å². The topological polar surface area (TPSA) is 178 Å². The largest absolute Gasteiger partial charge is 0.493 e. The summed E-state index contributed by atoms with van der Waals surface area (Å²) >= 11 is 0. The van der Waals surface area contributed by atoms with Crippen LogP contribution in [0.15, 0.2) is 48.7 Å². The number of aliphatic carboxylic acids is 1. The number of carbonyl (C=O) groups excluding carboxylic acids is 1. The molecule has 1 aromatic heterocycles. The monoisotopic (exact) mass is 636 g/mol. The van der Waals surface area contributed by atoms with Gasteiger partial charge in [0.15, 0.2) is 11.5 Å². The van der Waals surface area contributed by atoms with Crippen molar-refractivity contribution < 1.29 is 47.0 Å². The van der Waals surface area contributed by atoms with Crippen molar-refractivity contribution in [2.45, 2.75) is 25.6 Å². The van der Waals surface area contributed by atoms with Crippen molar-refractivity contribution in [2.24, 2.45) is 5.92 Å². The van der Waals surface area contributed by atoms with Crippen molar-refractivity contribution in [1.82, 2.24) is 15.3 Å². The number of hydrogen-bond donors (Lipinski definition) is 3. The van der Waals surface area contributed by atoms with E-state index >= 15 is 0 Å². The molecular weight excluding hydrogens is 605 g/mol. The van der Waals surface area contributed by atoms with Gasteiger partial charge in [0.1, 0.15) is 5.82 Å². The Hall–Kier alpha value is -5.35. The standard InChI is InChI=1S/C26H30N6O6.C2HF3O2/c1-36-21-13-19(14-22(37-2)24(21)38-3)29-26-27-11-10-23(30-26)31-12-4-5-18(16-31)25(33)28-15-17-6-8-20(9-7-17)32(34)35;3-2(4,5)1(6)7/h6-11,13-14,18H,4-5,12,15-16H2,1-3H3,(H,28,33)(H,27,29,30);(H,6,7)/t18-;/m0./s1. The molecule has 1 aliphatic heterocycles. The number of nitrogens with zero attached hydrogens (tertiary/aromatic N) is 4. The molecule has 1 atom stereocenters. The van der Waals surface area contributed by atoms with Crippen molar-refractivity contribution >= 4 is 35.0 Å². The lowest BCUT2D eigenvalue weighted by atomic mass is 9.97. The number of methoxy groups -OCH3 is 3. The number of amides is 1. The number of nitrogens with one attached hydrogen (secondary N) is 2. The Morgan fingerprint density at radius 2 is 1.71 bits per heavy atom. The van der Waals surface area contributed by atoms with Gasteiger partial charge in [0, 0.05) is 55.8 Å². The van der Waals surface area contributed by atoms with E-state index in [1.807, 2.05) is 6.07 Å². The number of carbonyl (C=O) groups is 2. The summed E-state index contributed by atoms with van der Waals surface area (Å²) < 4.78 is 47.9. The number of aromatic nitrogens is 2. The number of rotatable bonds is 10. The number of ether oxygens (including phenoxy) is 3. The van der Waals surface area contributed by atoms with Crippen LogP contribution in [-0.2, 0) is 16.1 Å². The van der Waals surface area contributed by atoms with Crippen LogP contribution >= 0.6 is 0 Å². The first-order valence-corrected chi connectivity index (χ1v) is 13.3. The number of anilines is 3. The highest BCUT2D eigenvalue weighted by molar-refractivity contribution is 5.79. The molecule has 0 bridgehead atoms. The first-order valence-electron chi connectivity index (χ1n) is 13.3. The number of piperidine rings is 1. The van der Waals surface area contributed by atoms with Crippen LogP contribution in [0.2, 0.25) is 0 Å². The van der Waals surface area contributed by atoms with E-state index < -0.39 is 17.1 Å². The molecule has 0 unspecified atom stereocenters. The van der Waals surface area contributed by atoms with E-state index in [1.54, 1.807) is 51.8 Å². The zero-order valence-electron chi connectivity index (χ0n) is 24.5. The Bertz CT molecular complexity index is 1460. The average Bonchev–Trinajstić information content (AvgIpc) is 3.03. The van der Waals surface area contributed by atoms with Crippen LogP contribution in [0.25, 0.3) is 0 Å². The maximum atomic E-state index is 12.9. The van der Waals surface area contributed by atoms with Crippen molar-refractivity contribution in [2.75, 3.05) is 44.6 Å². The van der Waals surface area contributed by atoms with Crippen LogP contribution in [0, 0.1) is 16.0 Å². The second-order valence-electron chi connectivity index (χ2n) is 9.51. The fraction of sp³-hybridized carbons (Fsp3) is 0.357. The second kappa shape index (κ2) is 15.4. The van der Waals surface area contributed by atoms with E-state index in [-0.39, 0.29) is 17.5 Å². The number of hydrogen-bond acceptors (Lipinski definition) is 11. The fourth-order valence-corrected chi connectivity index (χ4v) is 4.34. The van der Waals surface area contributed by atoms with E-state index in [1.165, 1.54) is 12.1 Å². The summed E-state index contributed by atoms with van der Waals surface area (Å²) in [6, 6.07) is 11.5. The summed E-state index contributed by atoms with van der Waals surface area (Å²) in [7, 11) is 4.64. The first kappa shape index (κ1) is 34.1. The summed E-state index contributed by atoms with van der Waals surface area (Å²) in [5, 5.41) is 24.1. The van der Waals surface area contributed by atoms with Crippen molar-refractivity contribution in [3.63, 3.8) is 0 Å². The smallest absolute Gasteiger partial charge is 0.490 e.